The van der Waals surface area contributed by atoms with Crippen molar-refractivity contribution in [2.45, 2.75) is 0 Å². The highest BCUT2D eigenvalue weighted by molar-refractivity contribution is 7.26. The van der Waals surface area contributed by atoms with E-state index in [0.717, 1.165) is 27.8 Å². The molecule has 0 amide bonds. The van der Waals surface area contributed by atoms with Crippen LogP contribution in [-0.2, 0) is 0 Å². The predicted octanol–water partition coefficient (Wildman–Crippen LogP) is 13.4. The first-order valence-corrected chi connectivity index (χ1v) is 18.6. The lowest BCUT2D eigenvalue weighted by atomic mass is 9.87. The fourth-order valence-electron chi connectivity index (χ4n) is 7.54. The molecule has 0 saturated heterocycles. The molecule has 0 atom stereocenters. The highest BCUT2D eigenvalue weighted by Gasteiger charge is 2.22. The maximum atomic E-state index is 5.09. The van der Waals surface area contributed by atoms with Gasteiger partial charge >= 0.3 is 0 Å². The fourth-order valence-corrected chi connectivity index (χ4v) is 8.83. The normalized spacial score (nSPS) is 11.4. The predicted molar refractivity (Wildman–Crippen MR) is 223 cm³/mol. The average Bonchev–Trinajstić information content (AvgIpc) is 3.62. The molecule has 53 heavy (non-hydrogen) atoms. The number of nitrogens with zero attached hydrogens (tertiary/aromatic N) is 3. The maximum Gasteiger partial charge on any atom is 0.164 e. The second-order valence-corrected chi connectivity index (χ2v) is 14.2. The molecule has 0 N–H and O–H groups in total. The summed E-state index contributed by atoms with van der Waals surface area (Å²) in [5.41, 5.74) is 9.97. The van der Waals surface area contributed by atoms with Crippen molar-refractivity contribution in [3.8, 4) is 67.5 Å². The van der Waals surface area contributed by atoms with E-state index in [-0.39, 0.29) is 0 Å². The third-order valence-electron chi connectivity index (χ3n) is 9.93. The largest absolute Gasteiger partial charge is 0.208 e. The molecule has 2 heterocycles. The Bertz CT molecular complexity index is 2880. The van der Waals surface area contributed by atoms with E-state index < -0.39 is 0 Å². The number of rotatable bonds is 6. The molecule has 3 nitrogen and oxygen atoms in total. The third kappa shape index (κ3) is 5.48. The van der Waals surface area contributed by atoms with Gasteiger partial charge in [0, 0.05) is 42.4 Å². The van der Waals surface area contributed by atoms with Crippen molar-refractivity contribution in [3.63, 3.8) is 0 Å². The van der Waals surface area contributed by atoms with Gasteiger partial charge in [0.1, 0.15) is 0 Å². The molecule has 0 radical (unpaired) electrons. The zero-order valence-corrected chi connectivity index (χ0v) is 29.5. The van der Waals surface area contributed by atoms with Crippen LogP contribution in [0.2, 0.25) is 0 Å². The Morgan fingerprint density at radius 3 is 1.45 bits per heavy atom. The molecule has 8 aromatic carbocycles. The van der Waals surface area contributed by atoms with E-state index >= 15 is 0 Å². The van der Waals surface area contributed by atoms with Crippen LogP contribution in [0.5, 0.6) is 0 Å². The number of thiophene rings is 1. The zero-order chi connectivity index (χ0) is 35.1. The Hall–Kier alpha value is -6.75. The molecule has 0 aliphatic carbocycles. The van der Waals surface area contributed by atoms with Gasteiger partial charge in [0.2, 0.25) is 0 Å². The molecule has 0 bridgehead atoms. The van der Waals surface area contributed by atoms with Crippen LogP contribution < -0.4 is 0 Å². The Morgan fingerprint density at radius 2 is 0.792 bits per heavy atom. The summed E-state index contributed by atoms with van der Waals surface area (Å²) < 4.78 is 2.60. The Balaban J connectivity index is 1.20. The molecule has 10 aromatic rings. The highest BCUT2D eigenvalue weighted by atomic mass is 32.1. The molecule has 4 heteroatoms. The van der Waals surface area contributed by atoms with Crippen LogP contribution in [0.25, 0.3) is 98.5 Å². The van der Waals surface area contributed by atoms with Gasteiger partial charge in [-0.2, -0.15) is 0 Å². The smallest absolute Gasteiger partial charge is 0.164 e. The van der Waals surface area contributed by atoms with Crippen LogP contribution >= 0.6 is 11.3 Å². The van der Waals surface area contributed by atoms with Crippen molar-refractivity contribution in [1.29, 1.82) is 0 Å². The highest BCUT2D eigenvalue weighted by Crippen LogP contribution is 2.50. The van der Waals surface area contributed by atoms with Crippen LogP contribution in [0.15, 0.2) is 188 Å². The monoisotopic (exact) mass is 693 g/mol. The summed E-state index contributed by atoms with van der Waals surface area (Å²) in [4.78, 5) is 15.1. The first-order chi connectivity index (χ1) is 26.3. The lowest BCUT2D eigenvalue weighted by molar-refractivity contribution is 1.07. The van der Waals surface area contributed by atoms with Gasteiger partial charge in [-0.3, -0.25) is 0 Å². The Morgan fingerprint density at radius 1 is 0.321 bits per heavy atom. The second-order valence-electron chi connectivity index (χ2n) is 13.1. The minimum atomic E-state index is 0.641. The third-order valence-corrected chi connectivity index (χ3v) is 11.1. The van der Waals surface area contributed by atoms with Crippen molar-refractivity contribution < 1.29 is 0 Å². The van der Waals surface area contributed by atoms with Gasteiger partial charge in [-0.25, -0.2) is 15.0 Å². The molecule has 0 unspecified atom stereocenters. The van der Waals surface area contributed by atoms with E-state index in [9.17, 15) is 0 Å². The van der Waals surface area contributed by atoms with Gasteiger partial charge in [-0.1, -0.05) is 176 Å². The number of hydrogen-bond donors (Lipinski definition) is 0. The summed E-state index contributed by atoms with van der Waals surface area (Å²) >= 11 is 1.88. The van der Waals surface area contributed by atoms with Crippen molar-refractivity contribution in [1.82, 2.24) is 15.0 Å². The molecule has 0 saturated carbocycles. The van der Waals surface area contributed by atoms with Crippen LogP contribution in [0.4, 0.5) is 0 Å². The summed E-state index contributed by atoms with van der Waals surface area (Å²) in [5.74, 6) is 1.94. The summed E-state index contributed by atoms with van der Waals surface area (Å²) in [5, 5.41) is 5.07. The van der Waals surface area contributed by atoms with Crippen LogP contribution in [0.3, 0.4) is 0 Å². The molecular weight excluding hydrogens is 663 g/mol. The molecule has 248 valence electrons. The lowest BCUT2D eigenvalue weighted by Gasteiger charge is -2.17. The van der Waals surface area contributed by atoms with Gasteiger partial charge in [-0.05, 0) is 50.7 Å². The van der Waals surface area contributed by atoms with E-state index in [1.54, 1.807) is 0 Å². The SMILES string of the molecule is c1ccc(-c2nc(-c3ccccc3)nc(-c3ccccc3-c3cccc(-c4c5ccccc5c(-c5ccccc5)c5sc6ccccc6c45)c3)n2)cc1. The molecular formula is C49H31N3S. The van der Waals surface area contributed by atoms with Gasteiger partial charge in [0.25, 0.3) is 0 Å². The molecule has 0 spiro atoms. The molecule has 0 aliphatic rings. The molecule has 10 rings (SSSR count). The standard InChI is InChI=1S/C49H31N3S/c1-4-17-32(18-5-1)44-39-27-12-11-26-38(39)43(45-41-29-14-15-30-42(41)53-46(44)45)36-24-16-23-35(31-36)37-25-10-13-28-40(37)49-51-47(33-19-6-2-7-20-33)50-48(52-49)34-21-8-3-9-22-34/h1-31H. The fraction of sp³-hybridized carbons (Fsp3) is 0. The summed E-state index contributed by atoms with van der Waals surface area (Å²) in [6.07, 6.45) is 0. The van der Waals surface area contributed by atoms with Gasteiger partial charge < -0.3 is 0 Å². The topological polar surface area (TPSA) is 38.7 Å². The van der Waals surface area contributed by atoms with Crippen LogP contribution in [0.1, 0.15) is 0 Å². The number of aromatic nitrogens is 3. The number of fused-ring (bicyclic) bond motifs is 4. The Labute approximate surface area is 311 Å². The molecule has 2 aromatic heterocycles. The molecule has 0 fully saturated rings. The Kier molecular flexibility index (Phi) is 7.67. The maximum absolute atomic E-state index is 5.09. The quantitative estimate of drug-likeness (QED) is 0.174. The van der Waals surface area contributed by atoms with Gasteiger partial charge in [0.05, 0.1) is 0 Å². The molecule has 0 aliphatic heterocycles. The van der Waals surface area contributed by atoms with E-state index in [1.165, 1.54) is 53.2 Å². The van der Waals surface area contributed by atoms with Crippen LogP contribution in [-0.4, -0.2) is 15.0 Å². The van der Waals surface area contributed by atoms with Crippen molar-refractivity contribution >= 4 is 42.3 Å². The number of benzene rings is 8. The first kappa shape index (κ1) is 31.0. The van der Waals surface area contributed by atoms with E-state index in [2.05, 4.69) is 127 Å². The van der Waals surface area contributed by atoms with Gasteiger partial charge in [0.15, 0.2) is 17.5 Å². The summed E-state index contributed by atoms with van der Waals surface area (Å²) in [6.45, 7) is 0. The zero-order valence-electron chi connectivity index (χ0n) is 28.6. The van der Waals surface area contributed by atoms with E-state index in [0.29, 0.717) is 17.5 Å². The minimum absolute atomic E-state index is 0.641. The van der Waals surface area contributed by atoms with Gasteiger partial charge in [-0.15, -0.1) is 11.3 Å². The van der Waals surface area contributed by atoms with E-state index in [4.69, 9.17) is 15.0 Å². The minimum Gasteiger partial charge on any atom is -0.208 e. The summed E-state index contributed by atoms with van der Waals surface area (Å²) in [7, 11) is 0. The van der Waals surface area contributed by atoms with Crippen molar-refractivity contribution in [2.75, 3.05) is 0 Å². The van der Waals surface area contributed by atoms with Crippen molar-refractivity contribution in [3.05, 3.63) is 188 Å². The van der Waals surface area contributed by atoms with Crippen molar-refractivity contribution in [2.24, 2.45) is 0 Å². The van der Waals surface area contributed by atoms with E-state index in [1.807, 2.05) is 72.0 Å². The number of hydrogen-bond acceptors (Lipinski definition) is 4. The first-order valence-electron chi connectivity index (χ1n) is 17.8. The average molecular weight is 694 g/mol. The lowest BCUT2D eigenvalue weighted by Crippen LogP contribution is -2.01. The summed E-state index contributed by atoms with van der Waals surface area (Å²) in [6, 6.07) is 66.2. The second kappa shape index (κ2) is 13.1. The van der Waals surface area contributed by atoms with Crippen LogP contribution in [0, 0.1) is 0 Å².